The highest BCUT2D eigenvalue weighted by Gasteiger charge is 2.23. The standard InChI is InChI=1S/C11H12F2O/c12-10-8(7-3-1-2-4-7)5-6-9(14)11(10)13/h5-7,14H,1-4H2. The summed E-state index contributed by atoms with van der Waals surface area (Å²) in [6, 6.07) is 2.72. The molecule has 1 aliphatic rings. The van der Waals surface area contributed by atoms with Crippen molar-refractivity contribution in [2.75, 3.05) is 0 Å². The minimum atomic E-state index is -1.12. The minimum absolute atomic E-state index is 0.130. The average Bonchev–Trinajstić information content (AvgIpc) is 2.67. The molecule has 0 saturated heterocycles. The molecule has 76 valence electrons. The van der Waals surface area contributed by atoms with E-state index in [0.29, 0.717) is 5.56 Å². The predicted molar refractivity (Wildman–Crippen MR) is 49.2 cm³/mol. The van der Waals surface area contributed by atoms with Crippen LogP contribution in [0.2, 0.25) is 0 Å². The maximum absolute atomic E-state index is 13.4. The zero-order valence-corrected chi connectivity index (χ0v) is 7.76. The molecule has 0 unspecified atom stereocenters. The van der Waals surface area contributed by atoms with Gasteiger partial charge in [-0.15, -0.1) is 0 Å². The normalized spacial score (nSPS) is 17.6. The molecule has 0 radical (unpaired) electrons. The summed E-state index contributed by atoms with van der Waals surface area (Å²) in [7, 11) is 0. The van der Waals surface area contributed by atoms with Crippen LogP contribution in [0.5, 0.6) is 5.75 Å². The minimum Gasteiger partial charge on any atom is -0.505 e. The van der Waals surface area contributed by atoms with Crippen LogP contribution in [0.1, 0.15) is 37.2 Å². The van der Waals surface area contributed by atoms with E-state index in [2.05, 4.69) is 0 Å². The molecule has 0 heterocycles. The van der Waals surface area contributed by atoms with Gasteiger partial charge in [-0.3, -0.25) is 0 Å². The highest BCUT2D eigenvalue weighted by molar-refractivity contribution is 5.32. The number of aromatic hydroxyl groups is 1. The number of phenolic OH excluding ortho intramolecular Hbond substituents is 1. The molecule has 0 aromatic heterocycles. The number of rotatable bonds is 1. The molecule has 1 saturated carbocycles. The molecule has 0 spiro atoms. The third-order valence-electron chi connectivity index (χ3n) is 2.89. The van der Waals surface area contributed by atoms with Crippen LogP contribution in [-0.4, -0.2) is 5.11 Å². The molecule has 0 bridgehead atoms. The van der Waals surface area contributed by atoms with Gasteiger partial charge in [0.1, 0.15) is 0 Å². The molecule has 1 fully saturated rings. The zero-order chi connectivity index (χ0) is 10.1. The quantitative estimate of drug-likeness (QED) is 0.733. The molecule has 0 amide bonds. The largest absolute Gasteiger partial charge is 0.505 e. The van der Waals surface area contributed by atoms with Gasteiger partial charge in [0.25, 0.3) is 0 Å². The van der Waals surface area contributed by atoms with Crippen molar-refractivity contribution in [1.82, 2.24) is 0 Å². The lowest BCUT2D eigenvalue weighted by Crippen LogP contribution is -1.99. The lowest BCUT2D eigenvalue weighted by atomic mass is 9.97. The predicted octanol–water partition coefficient (Wildman–Crippen LogP) is 3.33. The topological polar surface area (TPSA) is 20.2 Å². The summed E-state index contributed by atoms with van der Waals surface area (Å²) in [5.74, 6) is -2.47. The van der Waals surface area contributed by atoms with E-state index in [-0.39, 0.29) is 5.92 Å². The summed E-state index contributed by atoms with van der Waals surface area (Å²) < 4.78 is 26.4. The van der Waals surface area contributed by atoms with Gasteiger partial charge in [-0.1, -0.05) is 18.9 Å². The molecular formula is C11H12F2O. The van der Waals surface area contributed by atoms with Crippen molar-refractivity contribution in [3.8, 4) is 5.75 Å². The fraction of sp³-hybridized carbons (Fsp3) is 0.455. The van der Waals surface area contributed by atoms with Crippen LogP contribution < -0.4 is 0 Å². The first kappa shape index (κ1) is 9.44. The summed E-state index contributed by atoms with van der Waals surface area (Å²) in [6.07, 6.45) is 3.99. The summed E-state index contributed by atoms with van der Waals surface area (Å²) >= 11 is 0. The average molecular weight is 198 g/mol. The van der Waals surface area contributed by atoms with Crippen LogP contribution in [0.4, 0.5) is 8.78 Å². The van der Waals surface area contributed by atoms with Crippen LogP contribution >= 0.6 is 0 Å². The highest BCUT2D eigenvalue weighted by Crippen LogP contribution is 2.37. The Kier molecular flexibility index (Phi) is 2.40. The fourth-order valence-electron chi connectivity index (χ4n) is 2.11. The van der Waals surface area contributed by atoms with E-state index in [0.717, 1.165) is 25.7 Å². The van der Waals surface area contributed by atoms with Crippen LogP contribution in [0, 0.1) is 11.6 Å². The van der Waals surface area contributed by atoms with Gasteiger partial charge in [0.2, 0.25) is 5.82 Å². The first-order chi connectivity index (χ1) is 6.70. The van der Waals surface area contributed by atoms with Gasteiger partial charge in [-0.05, 0) is 30.4 Å². The van der Waals surface area contributed by atoms with E-state index in [1.165, 1.54) is 12.1 Å². The SMILES string of the molecule is Oc1ccc(C2CCCC2)c(F)c1F. The molecule has 1 aromatic rings. The van der Waals surface area contributed by atoms with E-state index in [1.807, 2.05) is 0 Å². The third kappa shape index (κ3) is 1.47. The first-order valence-corrected chi connectivity index (χ1v) is 4.87. The molecule has 1 nitrogen and oxygen atoms in total. The van der Waals surface area contributed by atoms with Crippen molar-refractivity contribution in [3.63, 3.8) is 0 Å². The molecule has 14 heavy (non-hydrogen) atoms. The highest BCUT2D eigenvalue weighted by atomic mass is 19.2. The lowest BCUT2D eigenvalue weighted by Gasteiger charge is -2.11. The Labute approximate surface area is 81.4 Å². The van der Waals surface area contributed by atoms with E-state index in [9.17, 15) is 8.78 Å². The Bertz CT molecular complexity index is 343. The van der Waals surface area contributed by atoms with E-state index in [4.69, 9.17) is 5.11 Å². The number of hydrogen-bond acceptors (Lipinski definition) is 1. The van der Waals surface area contributed by atoms with Crippen LogP contribution in [0.15, 0.2) is 12.1 Å². The van der Waals surface area contributed by atoms with Gasteiger partial charge in [-0.2, -0.15) is 4.39 Å². The van der Waals surface area contributed by atoms with Crippen LogP contribution in [0.3, 0.4) is 0 Å². The van der Waals surface area contributed by atoms with Crippen molar-refractivity contribution < 1.29 is 13.9 Å². The van der Waals surface area contributed by atoms with Crippen LogP contribution in [-0.2, 0) is 0 Å². The van der Waals surface area contributed by atoms with Gasteiger partial charge >= 0.3 is 0 Å². The fourth-order valence-corrected chi connectivity index (χ4v) is 2.11. The molecule has 1 N–H and O–H groups in total. The molecule has 3 heteroatoms. The van der Waals surface area contributed by atoms with Crippen molar-refractivity contribution in [1.29, 1.82) is 0 Å². The van der Waals surface area contributed by atoms with Gasteiger partial charge < -0.3 is 5.11 Å². The van der Waals surface area contributed by atoms with E-state index < -0.39 is 17.4 Å². The van der Waals surface area contributed by atoms with Crippen LogP contribution in [0.25, 0.3) is 0 Å². The van der Waals surface area contributed by atoms with Crippen molar-refractivity contribution in [2.24, 2.45) is 0 Å². The maximum Gasteiger partial charge on any atom is 0.200 e. The Morgan fingerprint density at radius 2 is 1.71 bits per heavy atom. The van der Waals surface area contributed by atoms with Crippen molar-refractivity contribution in [3.05, 3.63) is 29.3 Å². The number of benzene rings is 1. The first-order valence-electron chi connectivity index (χ1n) is 4.87. The summed E-state index contributed by atoms with van der Waals surface area (Å²) in [4.78, 5) is 0. The summed E-state index contributed by atoms with van der Waals surface area (Å²) in [5.41, 5.74) is 0.415. The Morgan fingerprint density at radius 3 is 2.36 bits per heavy atom. The molecule has 2 rings (SSSR count). The Balaban J connectivity index is 2.38. The monoisotopic (exact) mass is 198 g/mol. The molecular weight excluding hydrogens is 186 g/mol. The molecule has 1 aromatic carbocycles. The van der Waals surface area contributed by atoms with Gasteiger partial charge in [0.15, 0.2) is 11.6 Å². The Hall–Kier alpha value is -1.12. The molecule has 0 aliphatic heterocycles. The zero-order valence-electron chi connectivity index (χ0n) is 7.76. The maximum atomic E-state index is 13.4. The van der Waals surface area contributed by atoms with Gasteiger partial charge in [-0.25, -0.2) is 4.39 Å². The second-order valence-electron chi connectivity index (χ2n) is 3.78. The third-order valence-corrected chi connectivity index (χ3v) is 2.89. The number of phenols is 1. The second-order valence-corrected chi connectivity index (χ2v) is 3.78. The number of halogens is 2. The summed E-state index contributed by atoms with van der Waals surface area (Å²) in [6.45, 7) is 0. The van der Waals surface area contributed by atoms with Crippen molar-refractivity contribution >= 4 is 0 Å². The lowest BCUT2D eigenvalue weighted by molar-refractivity contribution is 0.401. The summed E-state index contributed by atoms with van der Waals surface area (Å²) in [5, 5.41) is 8.95. The molecule has 1 aliphatic carbocycles. The number of hydrogen-bond donors (Lipinski definition) is 1. The van der Waals surface area contributed by atoms with Crippen molar-refractivity contribution in [2.45, 2.75) is 31.6 Å². The smallest absolute Gasteiger partial charge is 0.200 e. The van der Waals surface area contributed by atoms with E-state index in [1.54, 1.807) is 0 Å². The second kappa shape index (κ2) is 3.56. The molecule has 0 atom stereocenters. The van der Waals surface area contributed by atoms with Gasteiger partial charge in [0, 0.05) is 0 Å². The van der Waals surface area contributed by atoms with E-state index >= 15 is 0 Å². The Morgan fingerprint density at radius 1 is 1.07 bits per heavy atom. The van der Waals surface area contributed by atoms with Gasteiger partial charge in [0.05, 0.1) is 0 Å².